The van der Waals surface area contributed by atoms with Gasteiger partial charge >= 0.3 is 0 Å². The van der Waals surface area contributed by atoms with Crippen LogP contribution in [0.2, 0.25) is 19.6 Å². The number of hydrogen-bond acceptors (Lipinski definition) is 8. The lowest BCUT2D eigenvalue weighted by Gasteiger charge is -2.46. The van der Waals surface area contributed by atoms with Crippen LogP contribution in [0, 0.1) is 0 Å². The van der Waals surface area contributed by atoms with Crippen LogP contribution in [0.15, 0.2) is 10.2 Å². The summed E-state index contributed by atoms with van der Waals surface area (Å²) in [5.74, 6) is -1.38. The molecular weight excluding hydrogens is 416 g/mol. The molecule has 1 rings (SSSR count). The van der Waals surface area contributed by atoms with E-state index in [9.17, 15) is 19.8 Å². The number of nitrogens with zero attached hydrogens (tertiary/aromatic N) is 6. The first-order valence-corrected chi connectivity index (χ1v) is 12.8. The topological polar surface area (TPSA) is 215 Å². The van der Waals surface area contributed by atoms with Gasteiger partial charge in [-0.25, -0.2) is 0 Å². The number of azide groups is 2. The Hall–Kier alpha value is -2.38. The third-order valence-corrected chi connectivity index (χ3v) is 7.26. The van der Waals surface area contributed by atoms with Crippen LogP contribution in [-0.4, -0.2) is 86.1 Å². The monoisotopic (exact) mass is 444 g/mol. The van der Waals surface area contributed by atoms with Crippen molar-refractivity contribution in [1.29, 1.82) is 0 Å². The minimum atomic E-state index is -1.79. The molecule has 0 aromatic carbocycles. The molecule has 0 radical (unpaired) electrons. The zero-order chi connectivity index (χ0) is 22.9. The fourth-order valence-electron chi connectivity index (χ4n) is 2.61. The van der Waals surface area contributed by atoms with E-state index in [1.54, 1.807) is 0 Å². The average Bonchev–Trinajstić information content (AvgIpc) is 2.68. The number of carbonyl (C=O) groups is 2. The second kappa shape index (κ2) is 11.7. The Bertz CT molecular complexity index is 706. The molecule has 0 aromatic heterocycles. The van der Waals surface area contributed by atoms with Crippen molar-refractivity contribution in [3.8, 4) is 0 Å². The van der Waals surface area contributed by atoms with Crippen LogP contribution in [0.3, 0.4) is 0 Å². The standard InChI is InChI=1S/C15H28N8O6Si/c1-8(30(2,3)4)28-15-13(21-11(26)6-19-23-17)14(27)12(9(7-24)29-15)20-10(25)5-18-22-16/h8-9,12-15,24,27H,5-7H2,1-4H3,(H,20,25)(H,21,26)/t8?,9-,12-,13+,14+,15-/m1/s1. The number of amides is 2. The Morgan fingerprint density at radius 2 is 1.63 bits per heavy atom. The van der Waals surface area contributed by atoms with E-state index in [-0.39, 0.29) is 5.73 Å². The van der Waals surface area contributed by atoms with Crippen molar-refractivity contribution in [2.75, 3.05) is 19.7 Å². The van der Waals surface area contributed by atoms with Gasteiger partial charge in [0.25, 0.3) is 0 Å². The summed E-state index contributed by atoms with van der Waals surface area (Å²) >= 11 is 0. The predicted octanol–water partition coefficient (Wildman–Crippen LogP) is -0.0628. The van der Waals surface area contributed by atoms with Gasteiger partial charge in [-0.3, -0.25) is 9.59 Å². The number of carbonyl (C=O) groups excluding carboxylic acids is 2. The fourth-order valence-corrected chi connectivity index (χ4v) is 3.15. The lowest BCUT2D eigenvalue weighted by Crippen LogP contribution is -2.69. The van der Waals surface area contributed by atoms with Crippen LogP contribution in [0.25, 0.3) is 20.9 Å². The molecule has 1 fully saturated rings. The third kappa shape index (κ3) is 7.46. The Kier molecular flexibility index (Phi) is 10.0. The Morgan fingerprint density at radius 3 is 2.07 bits per heavy atom. The molecule has 168 valence electrons. The van der Waals surface area contributed by atoms with Gasteiger partial charge in [-0.1, -0.05) is 29.9 Å². The Morgan fingerprint density at radius 1 is 1.13 bits per heavy atom. The summed E-state index contributed by atoms with van der Waals surface area (Å²) < 4.78 is 11.7. The largest absolute Gasteiger partial charge is 0.394 e. The number of hydrogen-bond donors (Lipinski definition) is 4. The maximum atomic E-state index is 12.1. The van der Waals surface area contributed by atoms with E-state index in [2.05, 4.69) is 50.3 Å². The smallest absolute Gasteiger partial charge is 0.226 e. The summed E-state index contributed by atoms with van der Waals surface area (Å²) in [6.45, 7) is 6.47. The highest BCUT2D eigenvalue weighted by Gasteiger charge is 2.47. The number of aliphatic hydroxyl groups excluding tert-OH is 2. The van der Waals surface area contributed by atoms with Crippen molar-refractivity contribution in [1.82, 2.24) is 10.6 Å². The molecular formula is C15H28N8O6Si. The molecule has 4 N–H and O–H groups in total. The summed E-state index contributed by atoms with van der Waals surface area (Å²) in [5, 5.41) is 31.8. The fraction of sp³-hybridized carbons (Fsp3) is 0.867. The lowest BCUT2D eigenvalue weighted by atomic mass is 9.94. The van der Waals surface area contributed by atoms with Gasteiger partial charge in [0.2, 0.25) is 11.8 Å². The predicted molar refractivity (Wildman–Crippen MR) is 108 cm³/mol. The SMILES string of the molecule is CC(O[C@@H]1O[C@H](CO)[C@@H](NC(=O)CN=[N+]=[N-])[C@H](O)[C@@H]1NC(=O)CN=[N+]=[N-])[Si](C)(C)C. The van der Waals surface area contributed by atoms with E-state index in [1.165, 1.54) is 0 Å². The zero-order valence-electron chi connectivity index (χ0n) is 17.3. The number of rotatable bonds is 10. The molecule has 15 heteroatoms. The second-order valence-electron chi connectivity index (χ2n) is 7.82. The van der Waals surface area contributed by atoms with Gasteiger partial charge in [0.1, 0.15) is 31.3 Å². The van der Waals surface area contributed by atoms with E-state index in [1.807, 2.05) is 6.92 Å². The molecule has 1 unspecified atom stereocenters. The van der Waals surface area contributed by atoms with Gasteiger partial charge in [-0.2, -0.15) is 0 Å². The van der Waals surface area contributed by atoms with Gasteiger partial charge in [0.05, 0.1) is 20.7 Å². The second-order valence-corrected chi connectivity index (χ2v) is 13.4. The van der Waals surface area contributed by atoms with Crippen LogP contribution >= 0.6 is 0 Å². The molecule has 0 aromatic rings. The molecule has 0 aliphatic carbocycles. The van der Waals surface area contributed by atoms with Crippen molar-refractivity contribution < 1.29 is 29.3 Å². The van der Waals surface area contributed by atoms with Crippen molar-refractivity contribution >= 4 is 19.9 Å². The molecule has 6 atom stereocenters. The van der Waals surface area contributed by atoms with Crippen LogP contribution < -0.4 is 10.6 Å². The molecule has 0 spiro atoms. The molecule has 0 bridgehead atoms. The third-order valence-electron chi connectivity index (χ3n) is 4.69. The maximum absolute atomic E-state index is 12.1. The molecule has 1 heterocycles. The summed E-state index contributed by atoms with van der Waals surface area (Å²) in [5.41, 5.74) is 16.5. The van der Waals surface area contributed by atoms with Crippen molar-refractivity contribution in [3.05, 3.63) is 20.9 Å². The summed E-state index contributed by atoms with van der Waals surface area (Å²) in [6, 6.07) is -2.25. The van der Waals surface area contributed by atoms with Crippen LogP contribution in [0.5, 0.6) is 0 Å². The van der Waals surface area contributed by atoms with E-state index >= 15 is 0 Å². The van der Waals surface area contributed by atoms with Gasteiger partial charge in [-0.05, 0) is 18.0 Å². The molecule has 1 aliphatic heterocycles. The van der Waals surface area contributed by atoms with Gasteiger partial charge in [0, 0.05) is 15.6 Å². The minimum Gasteiger partial charge on any atom is -0.394 e. The van der Waals surface area contributed by atoms with E-state index < -0.39 is 70.2 Å². The van der Waals surface area contributed by atoms with Gasteiger partial charge in [-0.15, -0.1) is 0 Å². The first-order valence-electron chi connectivity index (χ1n) is 9.25. The quantitative estimate of drug-likeness (QED) is 0.156. The Balaban J connectivity index is 3.12. The lowest BCUT2D eigenvalue weighted by molar-refractivity contribution is -0.251. The molecule has 1 saturated heterocycles. The number of nitrogens with one attached hydrogen (secondary N) is 2. The first kappa shape index (κ1) is 25.7. The van der Waals surface area contributed by atoms with Crippen LogP contribution in [0.4, 0.5) is 0 Å². The van der Waals surface area contributed by atoms with E-state index in [0.717, 1.165) is 0 Å². The van der Waals surface area contributed by atoms with E-state index in [4.69, 9.17) is 20.5 Å². The molecule has 1 aliphatic rings. The zero-order valence-corrected chi connectivity index (χ0v) is 18.3. The molecule has 30 heavy (non-hydrogen) atoms. The van der Waals surface area contributed by atoms with Crippen LogP contribution in [-0.2, 0) is 19.1 Å². The van der Waals surface area contributed by atoms with Gasteiger partial charge in [0.15, 0.2) is 6.29 Å². The highest BCUT2D eigenvalue weighted by molar-refractivity contribution is 6.77. The molecule has 2 amide bonds. The average molecular weight is 445 g/mol. The highest BCUT2D eigenvalue weighted by atomic mass is 28.3. The van der Waals surface area contributed by atoms with Crippen molar-refractivity contribution in [2.45, 2.75) is 62.9 Å². The maximum Gasteiger partial charge on any atom is 0.226 e. The molecule has 14 nitrogen and oxygen atoms in total. The van der Waals surface area contributed by atoms with Crippen LogP contribution in [0.1, 0.15) is 6.92 Å². The number of ether oxygens (including phenoxy) is 2. The summed E-state index contributed by atoms with van der Waals surface area (Å²) in [7, 11) is -1.79. The first-order chi connectivity index (χ1) is 14.0. The number of aliphatic hydroxyl groups is 2. The normalized spacial score (nSPS) is 27.2. The van der Waals surface area contributed by atoms with Crippen molar-refractivity contribution in [3.63, 3.8) is 0 Å². The highest BCUT2D eigenvalue weighted by Crippen LogP contribution is 2.25. The summed E-state index contributed by atoms with van der Waals surface area (Å²) in [4.78, 5) is 29.0. The molecule has 0 saturated carbocycles. The van der Waals surface area contributed by atoms with Crippen molar-refractivity contribution in [2.24, 2.45) is 10.2 Å². The van der Waals surface area contributed by atoms with Gasteiger partial charge < -0.3 is 30.3 Å². The summed E-state index contributed by atoms with van der Waals surface area (Å²) in [6.07, 6.45) is -3.59. The Labute approximate surface area is 174 Å². The minimum absolute atomic E-state index is 0.235. The van der Waals surface area contributed by atoms with E-state index in [0.29, 0.717) is 0 Å².